The van der Waals surface area contributed by atoms with Gasteiger partial charge in [0, 0.05) is 18.7 Å². The van der Waals surface area contributed by atoms with E-state index < -0.39 is 0 Å². The highest BCUT2D eigenvalue weighted by molar-refractivity contribution is 7.80. The SMILES string of the molecule is CCOc1cc(C(=S)N2CCc3ccccc3C2)ccc1OCCOc1ccccc1Cl. The summed E-state index contributed by atoms with van der Waals surface area (Å²) in [7, 11) is 0. The van der Waals surface area contributed by atoms with Gasteiger partial charge in [-0.1, -0.05) is 60.2 Å². The van der Waals surface area contributed by atoms with Gasteiger partial charge in [0.25, 0.3) is 0 Å². The number of halogens is 1. The third-order valence-corrected chi connectivity index (χ3v) is 6.15. The van der Waals surface area contributed by atoms with Gasteiger partial charge in [0.1, 0.15) is 24.0 Å². The van der Waals surface area contributed by atoms with Crippen LogP contribution in [0, 0.1) is 0 Å². The predicted molar refractivity (Wildman–Crippen MR) is 132 cm³/mol. The molecule has 32 heavy (non-hydrogen) atoms. The standard InChI is InChI=1S/C26H26ClNO3S/c1-2-29-25-17-20(26(32)28-14-13-19-7-3-4-8-21(19)18-28)11-12-24(25)31-16-15-30-23-10-6-5-9-22(23)27/h3-12,17H,2,13-16,18H2,1H3. The van der Waals surface area contributed by atoms with Crippen LogP contribution in [0.25, 0.3) is 0 Å². The van der Waals surface area contributed by atoms with Gasteiger partial charge in [-0.3, -0.25) is 0 Å². The number of hydrogen-bond acceptors (Lipinski definition) is 4. The highest BCUT2D eigenvalue weighted by Crippen LogP contribution is 2.30. The summed E-state index contributed by atoms with van der Waals surface area (Å²) >= 11 is 11.9. The summed E-state index contributed by atoms with van der Waals surface area (Å²) in [5, 5.41) is 0.584. The molecule has 0 fully saturated rings. The van der Waals surface area contributed by atoms with Gasteiger partial charge < -0.3 is 19.1 Å². The van der Waals surface area contributed by atoms with Crippen molar-refractivity contribution in [2.75, 3.05) is 26.4 Å². The van der Waals surface area contributed by atoms with Gasteiger partial charge >= 0.3 is 0 Å². The van der Waals surface area contributed by atoms with E-state index in [9.17, 15) is 0 Å². The molecule has 166 valence electrons. The third-order valence-electron chi connectivity index (χ3n) is 5.34. The van der Waals surface area contributed by atoms with E-state index >= 15 is 0 Å². The molecule has 1 aliphatic rings. The van der Waals surface area contributed by atoms with Crippen molar-refractivity contribution >= 4 is 28.8 Å². The first kappa shape index (κ1) is 22.4. The zero-order valence-electron chi connectivity index (χ0n) is 18.1. The normalized spacial score (nSPS) is 12.8. The molecule has 4 nitrogen and oxygen atoms in total. The first-order valence-corrected chi connectivity index (χ1v) is 11.6. The van der Waals surface area contributed by atoms with E-state index in [-0.39, 0.29) is 0 Å². The average Bonchev–Trinajstić information content (AvgIpc) is 2.83. The van der Waals surface area contributed by atoms with Gasteiger partial charge in [-0.15, -0.1) is 0 Å². The summed E-state index contributed by atoms with van der Waals surface area (Å²) in [5.41, 5.74) is 3.71. The maximum Gasteiger partial charge on any atom is 0.161 e. The first-order valence-electron chi connectivity index (χ1n) is 10.8. The van der Waals surface area contributed by atoms with E-state index in [1.54, 1.807) is 6.07 Å². The van der Waals surface area contributed by atoms with Crippen molar-refractivity contribution in [1.82, 2.24) is 4.90 Å². The van der Waals surface area contributed by atoms with E-state index in [2.05, 4.69) is 29.2 Å². The third kappa shape index (κ3) is 5.34. The lowest BCUT2D eigenvalue weighted by Crippen LogP contribution is -2.35. The lowest BCUT2D eigenvalue weighted by atomic mass is 9.99. The Balaban J connectivity index is 1.40. The van der Waals surface area contributed by atoms with Crippen LogP contribution in [-0.2, 0) is 13.0 Å². The highest BCUT2D eigenvalue weighted by Gasteiger charge is 2.20. The molecule has 3 aromatic carbocycles. The molecule has 0 amide bonds. The molecule has 0 unspecified atom stereocenters. The Morgan fingerprint density at radius 3 is 2.38 bits per heavy atom. The van der Waals surface area contributed by atoms with Crippen LogP contribution in [0.3, 0.4) is 0 Å². The number of hydrogen-bond donors (Lipinski definition) is 0. The smallest absolute Gasteiger partial charge is 0.161 e. The molecule has 0 N–H and O–H groups in total. The van der Waals surface area contributed by atoms with Crippen LogP contribution >= 0.6 is 23.8 Å². The molecule has 0 aliphatic carbocycles. The quantitative estimate of drug-likeness (QED) is 0.302. The fourth-order valence-electron chi connectivity index (χ4n) is 3.75. The number of rotatable bonds is 8. The lowest BCUT2D eigenvalue weighted by molar-refractivity contribution is 0.208. The second-order valence-corrected chi connectivity index (χ2v) is 8.26. The molecule has 4 rings (SSSR count). The van der Waals surface area contributed by atoms with Crippen molar-refractivity contribution in [2.24, 2.45) is 0 Å². The van der Waals surface area contributed by atoms with Crippen LogP contribution in [0.5, 0.6) is 17.2 Å². The molecule has 0 saturated heterocycles. The van der Waals surface area contributed by atoms with Crippen molar-refractivity contribution in [1.29, 1.82) is 0 Å². The fourth-order valence-corrected chi connectivity index (χ4v) is 4.22. The fraction of sp³-hybridized carbons (Fsp3) is 0.269. The highest BCUT2D eigenvalue weighted by atomic mass is 35.5. The molecule has 0 bridgehead atoms. The zero-order chi connectivity index (χ0) is 22.3. The summed E-state index contributed by atoms with van der Waals surface area (Å²) < 4.78 is 17.5. The van der Waals surface area contributed by atoms with Crippen LogP contribution in [0.4, 0.5) is 0 Å². The number of fused-ring (bicyclic) bond motifs is 1. The number of thiocarbonyl (C=S) groups is 1. The van der Waals surface area contributed by atoms with Crippen molar-refractivity contribution in [3.63, 3.8) is 0 Å². The second-order valence-electron chi connectivity index (χ2n) is 7.47. The van der Waals surface area contributed by atoms with Gasteiger partial charge in [0.05, 0.1) is 11.6 Å². The minimum Gasteiger partial charge on any atom is -0.490 e. The van der Waals surface area contributed by atoms with Crippen LogP contribution in [0.1, 0.15) is 23.6 Å². The van der Waals surface area contributed by atoms with Gasteiger partial charge in [0.15, 0.2) is 11.5 Å². The van der Waals surface area contributed by atoms with Gasteiger partial charge in [-0.25, -0.2) is 0 Å². The molecular weight excluding hydrogens is 442 g/mol. The Morgan fingerprint density at radius 2 is 1.59 bits per heavy atom. The number of nitrogens with zero attached hydrogens (tertiary/aromatic N) is 1. The summed E-state index contributed by atoms with van der Waals surface area (Å²) in [6.07, 6.45) is 1.00. The molecule has 1 heterocycles. The van der Waals surface area contributed by atoms with Crippen molar-refractivity contribution in [3.8, 4) is 17.2 Å². The van der Waals surface area contributed by atoms with Crippen LogP contribution in [0.15, 0.2) is 66.7 Å². The van der Waals surface area contributed by atoms with E-state index in [0.717, 1.165) is 30.1 Å². The minimum absolute atomic E-state index is 0.373. The van der Waals surface area contributed by atoms with E-state index in [1.807, 2.05) is 43.3 Å². The van der Waals surface area contributed by atoms with Crippen molar-refractivity contribution in [2.45, 2.75) is 19.9 Å². The topological polar surface area (TPSA) is 30.9 Å². The summed E-state index contributed by atoms with van der Waals surface area (Å²) in [6, 6.07) is 21.8. The van der Waals surface area contributed by atoms with E-state index in [0.29, 0.717) is 42.1 Å². The summed E-state index contributed by atoms with van der Waals surface area (Å²) in [6.45, 7) is 4.99. The first-order chi connectivity index (χ1) is 15.7. The molecule has 1 aliphatic heterocycles. The second kappa shape index (κ2) is 10.7. The van der Waals surface area contributed by atoms with Gasteiger partial charge in [-0.2, -0.15) is 0 Å². The summed E-state index contributed by atoms with van der Waals surface area (Å²) in [5.74, 6) is 2.00. The maximum atomic E-state index is 6.12. The molecule has 0 saturated carbocycles. The summed E-state index contributed by atoms with van der Waals surface area (Å²) in [4.78, 5) is 3.08. The van der Waals surface area contributed by atoms with Crippen molar-refractivity contribution in [3.05, 3.63) is 88.4 Å². The minimum atomic E-state index is 0.373. The Bertz CT molecular complexity index is 1090. The Hall–Kier alpha value is -2.76. The Morgan fingerprint density at radius 1 is 0.875 bits per heavy atom. The molecule has 0 spiro atoms. The molecule has 0 atom stereocenters. The molecule has 0 radical (unpaired) electrons. The number of para-hydroxylation sites is 1. The lowest BCUT2D eigenvalue weighted by Gasteiger charge is -2.31. The predicted octanol–water partition coefficient (Wildman–Crippen LogP) is 5.93. The zero-order valence-corrected chi connectivity index (χ0v) is 19.6. The van der Waals surface area contributed by atoms with Crippen molar-refractivity contribution < 1.29 is 14.2 Å². The number of ether oxygens (including phenoxy) is 3. The molecule has 0 aromatic heterocycles. The van der Waals surface area contributed by atoms with E-state index in [4.69, 9.17) is 38.0 Å². The largest absolute Gasteiger partial charge is 0.490 e. The van der Waals surface area contributed by atoms with Crippen LogP contribution < -0.4 is 14.2 Å². The molecule has 6 heteroatoms. The Kier molecular flexibility index (Phi) is 7.51. The average molecular weight is 468 g/mol. The van der Waals surface area contributed by atoms with E-state index in [1.165, 1.54) is 11.1 Å². The van der Waals surface area contributed by atoms with Gasteiger partial charge in [-0.05, 0) is 54.8 Å². The van der Waals surface area contributed by atoms with Crippen LogP contribution in [-0.4, -0.2) is 36.3 Å². The Labute approximate surface area is 199 Å². The van der Waals surface area contributed by atoms with Crippen LogP contribution in [0.2, 0.25) is 5.02 Å². The number of benzene rings is 3. The molecule has 3 aromatic rings. The monoisotopic (exact) mass is 467 g/mol. The van der Waals surface area contributed by atoms with Gasteiger partial charge in [0.2, 0.25) is 0 Å². The maximum absolute atomic E-state index is 6.12. The molecular formula is C26H26ClNO3S.